The van der Waals surface area contributed by atoms with Crippen LogP contribution in [-0.2, 0) is 4.79 Å². The molecule has 0 saturated carbocycles. The van der Waals surface area contributed by atoms with Gasteiger partial charge < -0.3 is 9.80 Å². The van der Waals surface area contributed by atoms with Crippen LogP contribution in [0.5, 0.6) is 0 Å². The zero-order chi connectivity index (χ0) is 16.0. The molecule has 21 heavy (non-hydrogen) atoms. The van der Waals surface area contributed by atoms with Crippen molar-refractivity contribution in [3.63, 3.8) is 0 Å². The Morgan fingerprint density at radius 1 is 1.14 bits per heavy atom. The summed E-state index contributed by atoms with van der Waals surface area (Å²) in [5, 5.41) is 0. The maximum absolute atomic E-state index is 12.6. The van der Waals surface area contributed by atoms with E-state index in [2.05, 4.69) is 18.1 Å². The minimum Gasteiger partial charge on any atom is -0.337 e. The number of rotatable bonds is 4. The van der Waals surface area contributed by atoms with Crippen LogP contribution in [0, 0.1) is 0 Å². The molecule has 1 aliphatic heterocycles. The largest absolute Gasteiger partial charge is 0.416 e. The Kier molecular flexibility index (Phi) is 5.96. The van der Waals surface area contributed by atoms with Gasteiger partial charge >= 0.3 is 6.18 Å². The number of carbonyl (C=O) groups is 1. The van der Waals surface area contributed by atoms with E-state index >= 15 is 0 Å². The van der Waals surface area contributed by atoms with E-state index in [0.29, 0.717) is 13.1 Å². The first kappa shape index (κ1) is 17.2. The molecule has 3 nitrogen and oxygen atoms in total. The second kappa shape index (κ2) is 7.26. The molecule has 1 amide bonds. The van der Waals surface area contributed by atoms with Crippen molar-refractivity contribution in [3.05, 3.63) is 48.6 Å². The summed E-state index contributed by atoms with van der Waals surface area (Å²) in [7, 11) is 1.95. The zero-order valence-corrected chi connectivity index (χ0v) is 12.0. The third-order valence-corrected chi connectivity index (χ3v) is 3.21. The minimum absolute atomic E-state index is 0.167. The van der Waals surface area contributed by atoms with E-state index in [1.807, 2.05) is 7.05 Å². The SMILES string of the molecule is C=C/C=C(/C=C/C(=O)N1CCN(C)CC1)C(=C)C(F)(F)F. The summed E-state index contributed by atoms with van der Waals surface area (Å²) in [6.45, 7) is 9.04. The third kappa shape index (κ3) is 5.23. The molecule has 0 N–H and O–H groups in total. The van der Waals surface area contributed by atoms with E-state index in [0.717, 1.165) is 25.2 Å². The van der Waals surface area contributed by atoms with Crippen LogP contribution < -0.4 is 0 Å². The second-order valence-electron chi connectivity index (χ2n) is 4.80. The monoisotopic (exact) mass is 300 g/mol. The number of piperazine rings is 1. The van der Waals surface area contributed by atoms with Gasteiger partial charge in [0.2, 0.25) is 5.91 Å². The first-order chi connectivity index (χ1) is 9.75. The number of allylic oxidation sites excluding steroid dienone is 5. The van der Waals surface area contributed by atoms with E-state index in [-0.39, 0.29) is 11.5 Å². The molecule has 0 aromatic heterocycles. The smallest absolute Gasteiger partial charge is 0.337 e. The van der Waals surface area contributed by atoms with Crippen molar-refractivity contribution in [2.45, 2.75) is 6.18 Å². The van der Waals surface area contributed by atoms with E-state index < -0.39 is 11.7 Å². The Morgan fingerprint density at radius 3 is 2.19 bits per heavy atom. The van der Waals surface area contributed by atoms with Crippen molar-refractivity contribution in [1.82, 2.24) is 9.80 Å². The Morgan fingerprint density at radius 2 is 1.71 bits per heavy atom. The summed E-state index contributed by atoms with van der Waals surface area (Å²) in [5.74, 6) is -0.298. The predicted octanol–water partition coefficient (Wildman–Crippen LogP) is 2.55. The molecular formula is C15H19F3N2O. The van der Waals surface area contributed by atoms with E-state index in [1.54, 1.807) is 4.90 Å². The van der Waals surface area contributed by atoms with E-state index in [4.69, 9.17) is 0 Å². The predicted molar refractivity (Wildman–Crippen MR) is 76.7 cm³/mol. The fraction of sp³-hybridized carbons (Fsp3) is 0.400. The number of hydrogen-bond acceptors (Lipinski definition) is 2. The summed E-state index contributed by atoms with van der Waals surface area (Å²) in [6, 6.07) is 0. The minimum atomic E-state index is -4.53. The highest BCUT2D eigenvalue weighted by Crippen LogP contribution is 2.30. The van der Waals surface area contributed by atoms with Gasteiger partial charge in [-0.15, -0.1) is 0 Å². The van der Waals surface area contributed by atoms with Crippen molar-refractivity contribution in [2.24, 2.45) is 0 Å². The van der Waals surface area contributed by atoms with Gasteiger partial charge in [0.15, 0.2) is 0 Å². The van der Waals surface area contributed by atoms with Crippen molar-refractivity contribution >= 4 is 5.91 Å². The zero-order valence-electron chi connectivity index (χ0n) is 12.0. The van der Waals surface area contributed by atoms with Crippen molar-refractivity contribution in [1.29, 1.82) is 0 Å². The van der Waals surface area contributed by atoms with Crippen molar-refractivity contribution in [2.75, 3.05) is 33.2 Å². The van der Waals surface area contributed by atoms with Gasteiger partial charge in [-0.2, -0.15) is 13.2 Å². The molecule has 1 aliphatic rings. The standard InChI is InChI=1S/C15H19F3N2O/c1-4-5-13(12(2)15(16,17)18)6-7-14(21)20-10-8-19(3)9-11-20/h4-7H,1-2,8-11H2,3H3/b7-6+,13-5-. The van der Waals surface area contributed by atoms with E-state index in [9.17, 15) is 18.0 Å². The molecule has 0 atom stereocenters. The summed E-state index contributed by atoms with van der Waals surface area (Å²) in [4.78, 5) is 15.6. The van der Waals surface area contributed by atoms with Gasteiger partial charge in [0.05, 0.1) is 5.57 Å². The van der Waals surface area contributed by atoms with Crippen LogP contribution in [0.1, 0.15) is 0 Å². The molecule has 0 spiro atoms. The number of alkyl halides is 3. The quantitative estimate of drug-likeness (QED) is 0.588. The highest BCUT2D eigenvalue weighted by atomic mass is 19.4. The molecule has 1 heterocycles. The van der Waals surface area contributed by atoms with Crippen LogP contribution in [0.4, 0.5) is 13.2 Å². The van der Waals surface area contributed by atoms with Gasteiger partial charge in [0.25, 0.3) is 0 Å². The van der Waals surface area contributed by atoms with Gasteiger partial charge in [0.1, 0.15) is 0 Å². The molecule has 6 heteroatoms. The summed E-state index contributed by atoms with van der Waals surface area (Å²) in [5.41, 5.74) is -1.16. The lowest BCUT2D eigenvalue weighted by atomic mass is 10.1. The Balaban J connectivity index is 2.75. The fourth-order valence-corrected chi connectivity index (χ4v) is 1.84. The van der Waals surface area contributed by atoms with Crippen molar-refractivity contribution in [3.8, 4) is 0 Å². The number of carbonyl (C=O) groups excluding carboxylic acids is 1. The summed E-state index contributed by atoms with van der Waals surface area (Å²) in [6.07, 6.45) is 0.173. The van der Waals surface area contributed by atoms with Crippen LogP contribution in [0.2, 0.25) is 0 Å². The molecule has 0 aromatic carbocycles. The number of hydrogen-bond donors (Lipinski definition) is 0. The van der Waals surface area contributed by atoms with Crippen LogP contribution in [0.3, 0.4) is 0 Å². The number of likely N-dealkylation sites (N-methyl/N-ethyl adjacent to an activating group) is 1. The molecular weight excluding hydrogens is 281 g/mol. The molecule has 1 fully saturated rings. The lowest BCUT2D eigenvalue weighted by Gasteiger charge is -2.31. The summed E-state index contributed by atoms with van der Waals surface area (Å²) < 4.78 is 37.9. The van der Waals surface area contributed by atoms with Gasteiger partial charge in [-0.3, -0.25) is 4.79 Å². The van der Waals surface area contributed by atoms with E-state index in [1.165, 1.54) is 12.2 Å². The Hall–Kier alpha value is -1.82. The van der Waals surface area contributed by atoms with Gasteiger partial charge in [-0.05, 0) is 18.7 Å². The highest BCUT2D eigenvalue weighted by Gasteiger charge is 2.33. The summed E-state index contributed by atoms with van der Waals surface area (Å²) >= 11 is 0. The first-order valence-electron chi connectivity index (χ1n) is 6.50. The molecule has 0 bridgehead atoms. The molecule has 0 radical (unpaired) electrons. The number of nitrogens with zero attached hydrogens (tertiary/aromatic N) is 2. The molecule has 1 rings (SSSR count). The fourth-order valence-electron chi connectivity index (χ4n) is 1.84. The maximum Gasteiger partial charge on any atom is 0.416 e. The van der Waals surface area contributed by atoms with Gasteiger partial charge in [0, 0.05) is 32.3 Å². The van der Waals surface area contributed by atoms with Crippen LogP contribution >= 0.6 is 0 Å². The molecule has 0 aliphatic carbocycles. The number of amides is 1. The topological polar surface area (TPSA) is 23.6 Å². The average molecular weight is 300 g/mol. The maximum atomic E-state index is 12.6. The lowest BCUT2D eigenvalue weighted by molar-refractivity contribution is -0.127. The van der Waals surface area contributed by atoms with Gasteiger partial charge in [-0.25, -0.2) is 0 Å². The molecule has 0 unspecified atom stereocenters. The molecule has 1 saturated heterocycles. The van der Waals surface area contributed by atoms with Crippen LogP contribution in [-0.4, -0.2) is 55.1 Å². The first-order valence-corrected chi connectivity index (χ1v) is 6.50. The Bertz CT molecular complexity index is 470. The molecule has 116 valence electrons. The lowest BCUT2D eigenvalue weighted by Crippen LogP contribution is -2.46. The Labute approximate surface area is 122 Å². The normalized spacial score (nSPS) is 18.1. The highest BCUT2D eigenvalue weighted by molar-refractivity contribution is 5.88. The molecule has 0 aromatic rings. The van der Waals surface area contributed by atoms with Gasteiger partial charge in [-0.1, -0.05) is 25.3 Å². The third-order valence-electron chi connectivity index (χ3n) is 3.21. The second-order valence-corrected chi connectivity index (χ2v) is 4.80. The van der Waals surface area contributed by atoms with Crippen LogP contribution in [0.15, 0.2) is 48.6 Å². The van der Waals surface area contributed by atoms with Crippen LogP contribution in [0.25, 0.3) is 0 Å². The number of halogens is 3. The van der Waals surface area contributed by atoms with Crippen molar-refractivity contribution < 1.29 is 18.0 Å². The average Bonchev–Trinajstić information content (AvgIpc) is 2.42.